The quantitative estimate of drug-likeness (QED) is 0.699. The van der Waals surface area contributed by atoms with Gasteiger partial charge < -0.3 is 9.31 Å². The molecule has 0 N–H and O–H groups in total. The molecule has 0 amide bonds. The van der Waals surface area contributed by atoms with Crippen LogP contribution in [-0.4, -0.2) is 18.3 Å². The van der Waals surface area contributed by atoms with E-state index < -0.39 is 30.1 Å². The molecule has 1 aromatic rings. The van der Waals surface area contributed by atoms with E-state index in [0.717, 1.165) is 0 Å². The Kier molecular flexibility index (Phi) is 4.01. The van der Waals surface area contributed by atoms with Gasteiger partial charge in [0.05, 0.1) is 16.8 Å². The second kappa shape index (κ2) is 5.00. The molecule has 1 heterocycles. The van der Waals surface area contributed by atoms with Gasteiger partial charge in [-0.3, -0.25) is 0 Å². The Morgan fingerprint density at radius 1 is 1.05 bits per heavy atom. The van der Waals surface area contributed by atoms with Gasteiger partial charge in [0, 0.05) is 4.47 Å². The van der Waals surface area contributed by atoms with Crippen LogP contribution >= 0.6 is 15.9 Å². The highest BCUT2D eigenvalue weighted by Crippen LogP contribution is 2.39. The average molecular weight is 365 g/mol. The fourth-order valence-electron chi connectivity index (χ4n) is 2.24. The number of hydrogen-bond donors (Lipinski definition) is 0. The first-order chi connectivity index (χ1) is 9.35. The molecule has 1 aliphatic rings. The van der Waals surface area contributed by atoms with Crippen molar-refractivity contribution >= 4 is 28.5 Å². The highest BCUT2D eigenvalue weighted by molar-refractivity contribution is 9.10. The van der Waals surface area contributed by atoms with Crippen LogP contribution in [0.25, 0.3) is 0 Å². The number of halogens is 4. The van der Waals surface area contributed by atoms with Crippen LogP contribution in [0.15, 0.2) is 16.6 Å². The lowest BCUT2D eigenvalue weighted by Gasteiger charge is -2.32. The third-order valence-corrected chi connectivity index (χ3v) is 4.74. The molecule has 1 aromatic carbocycles. The molecule has 1 saturated heterocycles. The van der Waals surface area contributed by atoms with Crippen LogP contribution in [-0.2, 0) is 15.5 Å². The topological polar surface area (TPSA) is 18.5 Å². The van der Waals surface area contributed by atoms with Crippen molar-refractivity contribution in [2.24, 2.45) is 0 Å². The van der Waals surface area contributed by atoms with Crippen LogP contribution in [0.4, 0.5) is 13.2 Å². The van der Waals surface area contributed by atoms with E-state index in [1.165, 1.54) is 19.1 Å². The Morgan fingerprint density at radius 2 is 1.52 bits per heavy atom. The molecular formula is C14H17BBrF3O2. The molecule has 0 unspecified atom stereocenters. The van der Waals surface area contributed by atoms with E-state index in [9.17, 15) is 13.2 Å². The maximum absolute atomic E-state index is 13.0. The van der Waals surface area contributed by atoms with Crippen molar-refractivity contribution in [2.45, 2.75) is 52.0 Å². The molecule has 1 fully saturated rings. The maximum atomic E-state index is 13.0. The van der Waals surface area contributed by atoms with Crippen molar-refractivity contribution in [3.8, 4) is 0 Å². The van der Waals surface area contributed by atoms with E-state index in [4.69, 9.17) is 9.31 Å². The summed E-state index contributed by atoms with van der Waals surface area (Å²) in [7, 11) is -0.674. The van der Waals surface area contributed by atoms with E-state index in [2.05, 4.69) is 15.9 Å². The van der Waals surface area contributed by atoms with Crippen molar-refractivity contribution in [2.75, 3.05) is 0 Å². The lowest BCUT2D eigenvalue weighted by Crippen LogP contribution is -2.41. The van der Waals surface area contributed by atoms with Crippen molar-refractivity contribution in [1.29, 1.82) is 0 Å². The lowest BCUT2D eigenvalue weighted by molar-refractivity contribution is -0.138. The summed E-state index contributed by atoms with van der Waals surface area (Å²) in [5.74, 6) is 0. The van der Waals surface area contributed by atoms with E-state index in [-0.39, 0.29) is 10.0 Å². The average Bonchev–Trinajstić information content (AvgIpc) is 2.44. The molecule has 116 valence electrons. The van der Waals surface area contributed by atoms with Crippen molar-refractivity contribution in [3.63, 3.8) is 0 Å². The smallest absolute Gasteiger partial charge is 0.399 e. The minimum absolute atomic E-state index is 0.000266. The zero-order chi connectivity index (χ0) is 16.2. The predicted molar refractivity (Wildman–Crippen MR) is 79.6 cm³/mol. The number of benzene rings is 1. The zero-order valence-corrected chi connectivity index (χ0v) is 14.1. The summed E-state index contributed by atoms with van der Waals surface area (Å²) in [4.78, 5) is 0. The Hall–Kier alpha value is -0.525. The van der Waals surface area contributed by atoms with E-state index >= 15 is 0 Å². The normalized spacial score (nSPS) is 20.9. The molecular weight excluding hydrogens is 348 g/mol. The van der Waals surface area contributed by atoms with Crippen LogP contribution in [0.2, 0.25) is 0 Å². The van der Waals surface area contributed by atoms with Crippen LogP contribution in [0.1, 0.15) is 38.8 Å². The number of hydrogen-bond acceptors (Lipinski definition) is 2. The molecule has 0 spiro atoms. The van der Waals surface area contributed by atoms with E-state index in [0.29, 0.717) is 5.46 Å². The highest BCUT2D eigenvalue weighted by Gasteiger charge is 2.52. The molecule has 0 aliphatic carbocycles. The Balaban J connectivity index is 2.41. The molecule has 21 heavy (non-hydrogen) atoms. The van der Waals surface area contributed by atoms with Crippen molar-refractivity contribution in [3.05, 3.63) is 27.7 Å². The van der Waals surface area contributed by atoms with Crippen molar-refractivity contribution < 1.29 is 22.5 Å². The second-order valence-corrected chi connectivity index (χ2v) is 7.13. The van der Waals surface area contributed by atoms with Gasteiger partial charge in [0.15, 0.2) is 0 Å². The Labute approximate surface area is 131 Å². The van der Waals surface area contributed by atoms with Gasteiger partial charge in [-0.15, -0.1) is 0 Å². The fraction of sp³-hybridized carbons (Fsp3) is 0.571. The first-order valence-electron chi connectivity index (χ1n) is 6.58. The summed E-state index contributed by atoms with van der Waals surface area (Å²) < 4.78 is 50.6. The number of aryl methyl sites for hydroxylation is 1. The highest BCUT2D eigenvalue weighted by atomic mass is 79.9. The molecule has 0 bridgehead atoms. The van der Waals surface area contributed by atoms with E-state index in [1.54, 1.807) is 0 Å². The molecule has 0 aromatic heterocycles. The van der Waals surface area contributed by atoms with Gasteiger partial charge in [0.2, 0.25) is 0 Å². The van der Waals surface area contributed by atoms with Crippen LogP contribution < -0.4 is 5.46 Å². The second-order valence-electron chi connectivity index (χ2n) is 6.28. The minimum atomic E-state index is -4.39. The lowest BCUT2D eigenvalue weighted by atomic mass is 9.78. The van der Waals surface area contributed by atoms with Gasteiger partial charge in [-0.2, -0.15) is 13.2 Å². The number of rotatable bonds is 1. The van der Waals surface area contributed by atoms with Gasteiger partial charge in [-0.05, 0) is 51.7 Å². The van der Waals surface area contributed by atoms with Crippen molar-refractivity contribution in [1.82, 2.24) is 0 Å². The molecule has 1 aliphatic heterocycles. The monoisotopic (exact) mass is 364 g/mol. The van der Waals surface area contributed by atoms with Crippen LogP contribution in [0.3, 0.4) is 0 Å². The summed E-state index contributed by atoms with van der Waals surface area (Å²) in [6, 6.07) is 2.88. The molecule has 0 saturated carbocycles. The summed E-state index contributed by atoms with van der Waals surface area (Å²) in [5.41, 5.74) is -1.00. The van der Waals surface area contributed by atoms with Gasteiger partial charge in [0.25, 0.3) is 0 Å². The molecule has 2 rings (SSSR count). The van der Waals surface area contributed by atoms with Gasteiger partial charge >= 0.3 is 13.3 Å². The third kappa shape index (κ3) is 3.01. The summed E-state index contributed by atoms with van der Waals surface area (Å²) in [6.45, 7) is 9.04. The molecule has 0 atom stereocenters. The number of alkyl halides is 3. The largest absolute Gasteiger partial charge is 0.494 e. The maximum Gasteiger partial charge on any atom is 0.494 e. The predicted octanol–water partition coefficient (Wildman–Crippen LogP) is 4.08. The van der Waals surface area contributed by atoms with E-state index in [1.807, 2.05) is 27.7 Å². The summed E-state index contributed by atoms with van der Waals surface area (Å²) in [5, 5.41) is 0. The minimum Gasteiger partial charge on any atom is -0.399 e. The first kappa shape index (κ1) is 16.8. The standard InChI is InChI=1S/C14H17BBrF3O2/c1-8-6-9(7-10(16)11(8)14(17,18)19)15-20-12(2,3)13(4,5)21-15/h6-7H,1-5H3. The Bertz CT molecular complexity index is 531. The third-order valence-electron chi connectivity index (χ3n) is 4.12. The van der Waals surface area contributed by atoms with Gasteiger partial charge in [-0.1, -0.05) is 22.0 Å². The summed E-state index contributed by atoms with van der Waals surface area (Å²) in [6.07, 6.45) is -4.39. The first-order valence-corrected chi connectivity index (χ1v) is 7.37. The van der Waals surface area contributed by atoms with Gasteiger partial charge in [0.1, 0.15) is 0 Å². The van der Waals surface area contributed by atoms with Crippen LogP contribution in [0, 0.1) is 6.92 Å². The zero-order valence-electron chi connectivity index (χ0n) is 12.6. The molecule has 0 radical (unpaired) electrons. The summed E-state index contributed by atoms with van der Waals surface area (Å²) >= 11 is 3.01. The fourth-order valence-corrected chi connectivity index (χ4v) is 3.05. The SMILES string of the molecule is Cc1cc(B2OC(C)(C)C(C)(C)O2)cc(Br)c1C(F)(F)F. The van der Waals surface area contributed by atoms with Crippen LogP contribution in [0.5, 0.6) is 0 Å². The molecule has 2 nitrogen and oxygen atoms in total. The van der Waals surface area contributed by atoms with Gasteiger partial charge in [-0.25, -0.2) is 0 Å². The molecule has 7 heteroatoms. The Morgan fingerprint density at radius 3 is 1.90 bits per heavy atom.